The van der Waals surface area contributed by atoms with E-state index in [1.54, 1.807) is 30.3 Å². The Morgan fingerprint density at radius 3 is 2.22 bits per heavy atom. The number of nitrogens with zero attached hydrogens (tertiary/aromatic N) is 1. The molecule has 0 heterocycles. The number of benzene rings is 3. The lowest BCUT2D eigenvalue weighted by Gasteiger charge is -2.17. The second-order valence-electron chi connectivity index (χ2n) is 7.50. The topological polar surface area (TPSA) is 113 Å². The molecule has 0 saturated carbocycles. The number of hydrogen-bond acceptors (Lipinski definition) is 6. The number of hydrogen-bond donors (Lipinski definition) is 2. The summed E-state index contributed by atoms with van der Waals surface area (Å²) in [4.78, 5) is 24.4. The summed E-state index contributed by atoms with van der Waals surface area (Å²) in [6.07, 6.45) is 0.0541. The smallest absolute Gasteiger partial charge is 0.339 e. The van der Waals surface area contributed by atoms with E-state index in [1.165, 1.54) is 25.1 Å². The maximum absolute atomic E-state index is 13.0. The van der Waals surface area contributed by atoms with E-state index in [2.05, 4.69) is 5.32 Å². The highest BCUT2D eigenvalue weighted by Crippen LogP contribution is 2.31. The minimum atomic E-state index is -4.12. The van der Waals surface area contributed by atoms with Gasteiger partial charge in [0, 0.05) is 43.9 Å². The lowest BCUT2D eigenvalue weighted by molar-refractivity contribution is -0.141. The summed E-state index contributed by atoms with van der Waals surface area (Å²) >= 11 is 0. The fourth-order valence-corrected chi connectivity index (χ4v) is 4.55. The van der Waals surface area contributed by atoms with Gasteiger partial charge in [-0.1, -0.05) is 36.4 Å². The number of aliphatic carboxylic acids is 1. The Kier molecular flexibility index (Phi) is 6.69. The second kappa shape index (κ2) is 9.27. The fraction of sp³-hybridized carbons (Fsp3) is 0.217. The summed E-state index contributed by atoms with van der Waals surface area (Å²) < 4.78 is 31.4. The predicted molar refractivity (Wildman–Crippen MR) is 121 cm³/mol. The molecule has 8 nitrogen and oxygen atoms in total. The molecule has 0 bridgehead atoms. The Bertz CT molecular complexity index is 1250. The number of anilines is 1. The van der Waals surface area contributed by atoms with E-state index in [9.17, 15) is 23.1 Å². The molecule has 168 valence electrons. The number of carbonyl (C=O) groups excluding carboxylic acids is 1. The van der Waals surface area contributed by atoms with Crippen molar-refractivity contribution in [2.75, 3.05) is 19.0 Å². The van der Waals surface area contributed by atoms with Gasteiger partial charge in [0.25, 0.3) is 0 Å². The van der Waals surface area contributed by atoms with Gasteiger partial charge in [-0.15, -0.1) is 0 Å². The molecule has 2 N–H and O–H groups in total. The lowest BCUT2D eigenvalue weighted by atomic mass is 10.1. The van der Waals surface area contributed by atoms with E-state index in [4.69, 9.17) is 4.18 Å². The molecule has 1 amide bonds. The van der Waals surface area contributed by atoms with Gasteiger partial charge < -0.3 is 19.5 Å². The van der Waals surface area contributed by atoms with Gasteiger partial charge in [-0.3, -0.25) is 4.79 Å². The van der Waals surface area contributed by atoms with Crippen LogP contribution in [0.25, 0.3) is 10.8 Å². The molecule has 1 unspecified atom stereocenters. The summed E-state index contributed by atoms with van der Waals surface area (Å²) in [5.74, 6) is -1.51. The van der Waals surface area contributed by atoms with E-state index in [0.29, 0.717) is 10.9 Å². The number of amides is 1. The highest BCUT2D eigenvalue weighted by atomic mass is 32.2. The highest BCUT2D eigenvalue weighted by molar-refractivity contribution is 7.87. The molecule has 0 aromatic heterocycles. The molecule has 32 heavy (non-hydrogen) atoms. The summed E-state index contributed by atoms with van der Waals surface area (Å²) in [7, 11) is -0.350. The average Bonchev–Trinajstić information content (AvgIpc) is 2.73. The van der Waals surface area contributed by atoms with E-state index in [-0.39, 0.29) is 17.1 Å². The Balaban J connectivity index is 1.85. The zero-order valence-corrected chi connectivity index (χ0v) is 18.7. The Morgan fingerprint density at radius 2 is 1.62 bits per heavy atom. The first-order valence-electron chi connectivity index (χ1n) is 9.81. The molecule has 0 aliphatic carbocycles. The molecular weight excluding hydrogens is 432 g/mol. The molecule has 3 rings (SSSR count). The van der Waals surface area contributed by atoms with E-state index < -0.39 is 28.0 Å². The van der Waals surface area contributed by atoms with Crippen LogP contribution in [0.15, 0.2) is 65.6 Å². The lowest BCUT2D eigenvalue weighted by Crippen LogP contribution is -2.41. The number of fused-ring (bicyclic) bond motifs is 1. The molecule has 3 aromatic carbocycles. The van der Waals surface area contributed by atoms with Gasteiger partial charge in [0.05, 0.1) is 0 Å². The van der Waals surface area contributed by atoms with Gasteiger partial charge in [-0.05, 0) is 29.8 Å². The van der Waals surface area contributed by atoms with E-state index >= 15 is 0 Å². The molecule has 0 saturated heterocycles. The van der Waals surface area contributed by atoms with Crippen LogP contribution in [-0.4, -0.2) is 45.5 Å². The van der Waals surface area contributed by atoms with E-state index in [1.807, 2.05) is 31.1 Å². The van der Waals surface area contributed by atoms with Crippen molar-refractivity contribution in [2.24, 2.45) is 0 Å². The largest absolute Gasteiger partial charge is 0.480 e. The maximum Gasteiger partial charge on any atom is 0.339 e. The first kappa shape index (κ1) is 23.1. The average molecular weight is 457 g/mol. The number of rotatable bonds is 8. The summed E-state index contributed by atoms with van der Waals surface area (Å²) in [6.45, 7) is 1.24. The third-order valence-corrected chi connectivity index (χ3v) is 6.16. The van der Waals surface area contributed by atoms with E-state index in [0.717, 1.165) is 11.1 Å². The molecule has 0 spiro atoms. The van der Waals surface area contributed by atoms with Crippen molar-refractivity contribution in [3.05, 3.63) is 66.2 Å². The van der Waals surface area contributed by atoms with Gasteiger partial charge in [-0.2, -0.15) is 8.42 Å². The quantitative estimate of drug-likeness (QED) is 0.501. The monoisotopic (exact) mass is 456 g/mol. The van der Waals surface area contributed by atoms with Crippen LogP contribution in [0.5, 0.6) is 5.75 Å². The Labute approximate surface area is 186 Å². The Morgan fingerprint density at radius 1 is 1.00 bits per heavy atom. The van der Waals surface area contributed by atoms with Crippen molar-refractivity contribution >= 4 is 38.5 Å². The normalized spacial score (nSPS) is 12.2. The van der Waals surface area contributed by atoms with Crippen molar-refractivity contribution in [2.45, 2.75) is 24.3 Å². The van der Waals surface area contributed by atoms with Gasteiger partial charge in [-0.25, -0.2) is 4.79 Å². The summed E-state index contributed by atoms with van der Waals surface area (Å²) in [6, 6.07) is 15.4. The third kappa shape index (κ3) is 5.17. The molecule has 0 aliphatic rings. The van der Waals surface area contributed by atoms with Gasteiger partial charge in [0.15, 0.2) is 0 Å². The zero-order chi connectivity index (χ0) is 23.5. The number of nitrogens with one attached hydrogen (secondary N) is 1. The molecular formula is C23H24N2O6S. The van der Waals surface area contributed by atoms with Crippen molar-refractivity contribution in [3.63, 3.8) is 0 Å². The highest BCUT2D eigenvalue weighted by Gasteiger charge is 2.22. The molecule has 9 heteroatoms. The van der Waals surface area contributed by atoms with Crippen LogP contribution >= 0.6 is 0 Å². The van der Waals surface area contributed by atoms with Crippen LogP contribution in [0.2, 0.25) is 0 Å². The molecule has 3 aromatic rings. The van der Waals surface area contributed by atoms with Crippen molar-refractivity contribution < 1.29 is 27.3 Å². The van der Waals surface area contributed by atoms with Crippen LogP contribution in [0, 0.1) is 0 Å². The van der Waals surface area contributed by atoms with Crippen molar-refractivity contribution in [1.82, 2.24) is 5.32 Å². The van der Waals surface area contributed by atoms with Gasteiger partial charge in [0.2, 0.25) is 5.91 Å². The van der Waals surface area contributed by atoms with Crippen LogP contribution < -0.4 is 14.4 Å². The summed E-state index contributed by atoms with van der Waals surface area (Å²) in [5.41, 5.74) is 1.49. The van der Waals surface area contributed by atoms with Crippen LogP contribution in [0.4, 0.5) is 5.69 Å². The standard InChI is InChI=1S/C23H24N2O6S/c1-15(26)24-20(23(27)28)14-16-10-12-17(13-11-16)31-32(29,30)22-9-5-6-18-19(22)7-4-8-21(18)25(2)3/h4-13,20H,14H2,1-3H3,(H,24,26)(H,27,28). The van der Waals surface area contributed by atoms with Crippen LogP contribution in [0.1, 0.15) is 12.5 Å². The van der Waals surface area contributed by atoms with Crippen molar-refractivity contribution in [1.29, 1.82) is 0 Å². The van der Waals surface area contributed by atoms with Crippen molar-refractivity contribution in [3.8, 4) is 5.75 Å². The minimum absolute atomic E-state index is 0.0541. The number of carbonyl (C=O) groups is 2. The predicted octanol–water partition coefficient (Wildman–Crippen LogP) is 2.81. The Hall–Kier alpha value is -3.59. The number of carboxylic acids is 1. The zero-order valence-electron chi connectivity index (χ0n) is 17.9. The second-order valence-corrected chi connectivity index (χ2v) is 9.01. The van der Waals surface area contributed by atoms with Crippen LogP contribution in [-0.2, 0) is 26.1 Å². The molecule has 0 radical (unpaired) electrons. The summed E-state index contributed by atoms with van der Waals surface area (Å²) in [5, 5.41) is 12.9. The van der Waals surface area contributed by atoms with Gasteiger partial charge in [0.1, 0.15) is 16.7 Å². The first-order valence-corrected chi connectivity index (χ1v) is 11.2. The molecule has 1 atom stereocenters. The first-order chi connectivity index (χ1) is 15.1. The molecule has 0 fully saturated rings. The number of carboxylic acid groups (broad SMARTS) is 1. The third-order valence-electron chi connectivity index (χ3n) is 4.85. The molecule has 0 aliphatic heterocycles. The SMILES string of the molecule is CC(=O)NC(Cc1ccc(OS(=O)(=O)c2cccc3c(N(C)C)cccc23)cc1)C(=O)O. The fourth-order valence-electron chi connectivity index (χ4n) is 3.41. The van der Waals surface area contributed by atoms with Crippen LogP contribution in [0.3, 0.4) is 0 Å². The minimum Gasteiger partial charge on any atom is -0.480 e. The van der Waals surface area contributed by atoms with Gasteiger partial charge >= 0.3 is 16.1 Å². The maximum atomic E-state index is 13.0.